The van der Waals surface area contributed by atoms with Crippen molar-refractivity contribution in [3.05, 3.63) is 60.3 Å². The van der Waals surface area contributed by atoms with Crippen LogP contribution in [0, 0.1) is 0 Å². The first kappa shape index (κ1) is 24.4. The largest absolute Gasteiger partial charge is 0.368 e. The van der Waals surface area contributed by atoms with Crippen molar-refractivity contribution < 1.29 is 18.4 Å². The van der Waals surface area contributed by atoms with Crippen LogP contribution in [0.4, 0.5) is 5.69 Å². The van der Waals surface area contributed by atoms with E-state index in [2.05, 4.69) is 14.9 Å². The average Bonchev–Trinajstić information content (AvgIpc) is 3.39. The molecule has 0 saturated carbocycles. The molecule has 1 amide bonds. The molecule has 1 saturated heterocycles. The van der Waals surface area contributed by atoms with Gasteiger partial charge in [0, 0.05) is 44.1 Å². The molecule has 1 fully saturated rings. The maximum atomic E-state index is 13.3. The summed E-state index contributed by atoms with van der Waals surface area (Å²) in [5.41, 5.74) is 3.98. The van der Waals surface area contributed by atoms with E-state index in [1.165, 1.54) is 33.5 Å². The van der Waals surface area contributed by atoms with Crippen molar-refractivity contribution in [1.29, 1.82) is 0 Å². The van der Waals surface area contributed by atoms with Crippen molar-refractivity contribution in [2.45, 2.75) is 9.37 Å². The summed E-state index contributed by atoms with van der Waals surface area (Å²) in [5, 5.41) is 9.33. The summed E-state index contributed by atoms with van der Waals surface area (Å²) in [6.45, 7) is 1.71. The fraction of sp³-hybridized carbons (Fsp3) is 0.227. The minimum absolute atomic E-state index is 0.290. The van der Waals surface area contributed by atoms with E-state index in [1.54, 1.807) is 36.0 Å². The lowest BCUT2D eigenvalue weighted by Crippen LogP contribution is -2.48. The first-order chi connectivity index (χ1) is 16.4. The number of benzene rings is 1. The van der Waals surface area contributed by atoms with Gasteiger partial charge in [0.15, 0.2) is 5.16 Å². The molecule has 0 radical (unpaired) electrons. The van der Waals surface area contributed by atoms with Crippen LogP contribution in [0.3, 0.4) is 0 Å². The lowest BCUT2D eigenvalue weighted by Gasteiger charge is -2.35. The van der Waals surface area contributed by atoms with Gasteiger partial charge in [-0.3, -0.25) is 10.0 Å². The number of aromatic nitrogens is 2. The highest BCUT2D eigenvalue weighted by molar-refractivity contribution is 7.98. The van der Waals surface area contributed by atoms with E-state index >= 15 is 0 Å². The standard InChI is InChI=1S/C22H23N5O4S3/c1-32-22-23-11-10-17(24-22)19-7-9-21(33-19)34(30,31)27-14-12-26(13-15-27)18-5-3-2-4-16(18)6-8-20(28)25-29/h2-11,29H,12-15H2,1H3,(H,25,28). The number of hydroxylamine groups is 1. The molecule has 0 unspecified atom stereocenters. The third-order valence-electron chi connectivity index (χ3n) is 5.28. The summed E-state index contributed by atoms with van der Waals surface area (Å²) >= 11 is 2.64. The zero-order chi connectivity index (χ0) is 24.1. The number of carbonyl (C=O) groups excluding carboxylic acids is 1. The van der Waals surface area contributed by atoms with Crippen LogP contribution in [0.1, 0.15) is 5.56 Å². The molecule has 2 N–H and O–H groups in total. The van der Waals surface area contributed by atoms with Crippen molar-refractivity contribution in [3.63, 3.8) is 0 Å². The molecule has 34 heavy (non-hydrogen) atoms. The van der Waals surface area contributed by atoms with E-state index in [0.29, 0.717) is 41.2 Å². The van der Waals surface area contributed by atoms with Crippen LogP contribution in [0.2, 0.25) is 0 Å². The van der Waals surface area contributed by atoms with E-state index in [0.717, 1.165) is 16.1 Å². The van der Waals surface area contributed by atoms with E-state index < -0.39 is 15.9 Å². The molecule has 0 aliphatic carbocycles. The molecule has 3 aromatic rings. The van der Waals surface area contributed by atoms with Crippen LogP contribution in [-0.4, -0.2) is 66.2 Å². The molecule has 0 atom stereocenters. The highest BCUT2D eigenvalue weighted by atomic mass is 32.2. The number of nitrogens with one attached hydrogen (secondary N) is 1. The van der Waals surface area contributed by atoms with Gasteiger partial charge in [-0.2, -0.15) is 4.31 Å². The molecule has 4 rings (SSSR count). The molecule has 9 nitrogen and oxygen atoms in total. The lowest BCUT2D eigenvalue weighted by molar-refractivity contribution is -0.124. The van der Waals surface area contributed by atoms with Gasteiger partial charge >= 0.3 is 0 Å². The normalized spacial score (nSPS) is 15.1. The minimum Gasteiger partial charge on any atom is -0.368 e. The Hall–Kier alpha value is -2.77. The first-order valence-corrected chi connectivity index (χ1v) is 13.8. The molecular formula is C22H23N5O4S3. The number of para-hydroxylation sites is 1. The van der Waals surface area contributed by atoms with Gasteiger partial charge in [-0.15, -0.1) is 11.3 Å². The van der Waals surface area contributed by atoms with Gasteiger partial charge < -0.3 is 4.90 Å². The Morgan fingerprint density at radius 3 is 2.65 bits per heavy atom. The van der Waals surface area contributed by atoms with Crippen molar-refractivity contribution in [2.24, 2.45) is 0 Å². The highest BCUT2D eigenvalue weighted by Crippen LogP contribution is 2.32. The van der Waals surface area contributed by atoms with Gasteiger partial charge in [-0.1, -0.05) is 30.0 Å². The number of piperazine rings is 1. The number of carbonyl (C=O) groups is 1. The molecule has 2 aromatic heterocycles. The third kappa shape index (κ3) is 5.31. The van der Waals surface area contributed by atoms with Crippen LogP contribution in [-0.2, 0) is 14.8 Å². The Kier molecular flexibility index (Phi) is 7.63. The summed E-state index contributed by atoms with van der Waals surface area (Å²) in [6.07, 6.45) is 6.43. The van der Waals surface area contributed by atoms with Crippen LogP contribution in [0.25, 0.3) is 16.6 Å². The van der Waals surface area contributed by atoms with E-state index in [1.807, 2.05) is 30.5 Å². The van der Waals surface area contributed by atoms with Crippen LogP contribution in [0.5, 0.6) is 0 Å². The topological polar surface area (TPSA) is 116 Å². The van der Waals surface area contributed by atoms with E-state index in [4.69, 9.17) is 5.21 Å². The summed E-state index contributed by atoms with van der Waals surface area (Å²) in [6, 6.07) is 12.7. The fourth-order valence-corrected chi connectivity index (χ4v) is 6.80. The van der Waals surface area contributed by atoms with Gasteiger partial charge in [0.25, 0.3) is 15.9 Å². The van der Waals surface area contributed by atoms with Crippen LogP contribution in [0.15, 0.2) is 64.1 Å². The van der Waals surface area contributed by atoms with Gasteiger partial charge in [-0.05, 0) is 42.2 Å². The maximum Gasteiger partial charge on any atom is 0.267 e. The number of anilines is 1. The van der Waals surface area contributed by atoms with Crippen molar-refractivity contribution in [2.75, 3.05) is 37.3 Å². The number of thiophene rings is 1. The third-order valence-corrected chi connectivity index (χ3v) is 9.32. The Labute approximate surface area is 206 Å². The Morgan fingerprint density at radius 1 is 1.15 bits per heavy atom. The smallest absolute Gasteiger partial charge is 0.267 e. The molecular weight excluding hydrogens is 494 g/mol. The molecule has 1 aliphatic rings. The molecule has 0 spiro atoms. The SMILES string of the molecule is CSc1nccc(-c2ccc(S(=O)(=O)N3CCN(c4ccccc4C=CC(=O)NO)CC3)s2)n1. The Morgan fingerprint density at radius 2 is 1.91 bits per heavy atom. The second-order valence-corrected chi connectivity index (χ2v) is 11.3. The number of hydrogen-bond acceptors (Lipinski definition) is 9. The fourth-order valence-electron chi connectivity index (χ4n) is 3.59. The molecule has 1 aromatic carbocycles. The summed E-state index contributed by atoms with van der Waals surface area (Å²) in [5.74, 6) is -0.618. The van der Waals surface area contributed by atoms with Gasteiger partial charge in [0.2, 0.25) is 0 Å². The molecule has 12 heteroatoms. The highest BCUT2D eigenvalue weighted by Gasteiger charge is 2.30. The number of amides is 1. The molecule has 3 heterocycles. The number of rotatable bonds is 7. The summed E-state index contributed by atoms with van der Waals surface area (Å²) in [7, 11) is -3.62. The predicted molar refractivity (Wildman–Crippen MR) is 134 cm³/mol. The van der Waals surface area contributed by atoms with Crippen LogP contribution >= 0.6 is 23.1 Å². The van der Waals surface area contributed by atoms with Crippen LogP contribution < -0.4 is 10.4 Å². The summed E-state index contributed by atoms with van der Waals surface area (Å²) in [4.78, 5) is 22.8. The van der Waals surface area contributed by atoms with Crippen molar-refractivity contribution in [1.82, 2.24) is 19.8 Å². The monoisotopic (exact) mass is 517 g/mol. The number of hydrogen-bond donors (Lipinski definition) is 2. The second kappa shape index (κ2) is 10.7. The van der Waals surface area contributed by atoms with Gasteiger partial charge in [-0.25, -0.2) is 23.9 Å². The summed E-state index contributed by atoms with van der Waals surface area (Å²) < 4.78 is 28.3. The first-order valence-electron chi connectivity index (χ1n) is 10.4. The zero-order valence-corrected chi connectivity index (χ0v) is 20.7. The van der Waals surface area contributed by atoms with E-state index in [9.17, 15) is 13.2 Å². The van der Waals surface area contributed by atoms with Crippen molar-refractivity contribution in [3.8, 4) is 10.6 Å². The quantitative estimate of drug-likeness (QED) is 0.162. The van der Waals surface area contributed by atoms with E-state index in [-0.39, 0.29) is 0 Å². The maximum absolute atomic E-state index is 13.3. The van der Waals surface area contributed by atoms with Gasteiger partial charge in [0.05, 0.1) is 10.6 Å². The molecule has 0 bridgehead atoms. The Balaban J connectivity index is 1.47. The number of thioether (sulfide) groups is 1. The molecule has 178 valence electrons. The number of nitrogens with zero attached hydrogens (tertiary/aromatic N) is 4. The minimum atomic E-state index is -3.62. The zero-order valence-electron chi connectivity index (χ0n) is 18.3. The lowest BCUT2D eigenvalue weighted by atomic mass is 10.1. The van der Waals surface area contributed by atoms with Gasteiger partial charge in [0.1, 0.15) is 4.21 Å². The number of sulfonamides is 1. The predicted octanol–water partition coefficient (Wildman–Crippen LogP) is 2.96. The molecule has 1 aliphatic heterocycles. The van der Waals surface area contributed by atoms with Crippen molar-refractivity contribution >= 4 is 50.8 Å². The Bertz CT molecular complexity index is 1300. The second-order valence-electron chi connectivity index (χ2n) is 7.31. The average molecular weight is 518 g/mol.